The Morgan fingerprint density at radius 2 is 2.33 bits per heavy atom. The average molecular weight is 127 g/mol. The molecule has 52 valence electrons. The van der Waals surface area contributed by atoms with Crippen molar-refractivity contribution in [1.82, 2.24) is 0 Å². The molecule has 2 heteroatoms. The van der Waals surface area contributed by atoms with Crippen LogP contribution < -0.4 is 5.73 Å². The highest BCUT2D eigenvalue weighted by atomic mass is 16.1. The Morgan fingerprint density at radius 1 is 1.56 bits per heavy atom. The van der Waals surface area contributed by atoms with Crippen LogP contribution in [0.25, 0.3) is 0 Å². The van der Waals surface area contributed by atoms with Crippen molar-refractivity contribution in [2.75, 3.05) is 6.54 Å². The summed E-state index contributed by atoms with van der Waals surface area (Å²) >= 11 is 0. The van der Waals surface area contributed by atoms with Gasteiger partial charge in [-0.05, 0) is 31.7 Å². The predicted octanol–water partition coefficient (Wildman–Crippen LogP) is 0.560. The minimum Gasteiger partial charge on any atom is -0.330 e. The second kappa shape index (κ2) is 2.97. The molecule has 1 fully saturated rings. The summed E-state index contributed by atoms with van der Waals surface area (Å²) in [6.07, 6.45) is 4.40. The lowest BCUT2D eigenvalue weighted by atomic mass is 9.73. The van der Waals surface area contributed by atoms with Gasteiger partial charge in [-0.1, -0.05) is 0 Å². The standard InChI is InChI=1S/C7H13NO/c8-4-3-6-1-2-7(6)5-9/h5-7H,1-4,8H2. The summed E-state index contributed by atoms with van der Waals surface area (Å²) < 4.78 is 0. The molecule has 2 N–H and O–H groups in total. The number of hydrogen-bond donors (Lipinski definition) is 1. The molecular formula is C7H13NO. The Balaban J connectivity index is 2.18. The van der Waals surface area contributed by atoms with Crippen molar-refractivity contribution in [2.24, 2.45) is 17.6 Å². The lowest BCUT2D eigenvalue weighted by Gasteiger charge is -2.31. The average Bonchev–Trinajstić information content (AvgIpc) is 1.82. The monoisotopic (exact) mass is 127 g/mol. The van der Waals surface area contributed by atoms with Crippen LogP contribution in [0.5, 0.6) is 0 Å². The van der Waals surface area contributed by atoms with Gasteiger partial charge in [0.25, 0.3) is 0 Å². The summed E-state index contributed by atoms with van der Waals surface area (Å²) in [5.41, 5.74) is 5.34. The second-order valence-electron chi connectivity index (χ2n) is 2.71. The van der Waals surface area contributed by atoms with Gasteiger partial charge in [0.2, 0.25) is 0 Å². The number of carbonyl (C=O) groups is 1. The summed E-state index contributed by atoms with van der Waals surface area (Å²) in [4.78, 5) is 10.2. The fourth-order valence-electron chi connectivity index (χ4n) is 1.35. The fourth-order valence-corrected chi connectivity index (χ4v) is 1.35. The van der Waals surface area contributed by atoms with E-state index < -0.39 is 0 Å². The first-order chi connectivity index (χ1) is 4.38. The van der Waals surface area contributed by atoms with E-state index in [9.17, 15) is 4.79 Å². The summed E-state index contributed by atoms with van der Waals surface area (Å²) in [6.45, 7) is 0.731. The van der Waals surface area contributed by atoms with Crippen molar-refractivity contribution in [1.29, 1.82) is 0 Å². The lowest BCUT2D eigenvalue weighted by Crippen LogP contribution is -2.28. The SMILES string of the molecule is NCCC1CCC1C=O. The van der Waals surface area contributed by atoms with Crippen LogP contribution in [0.4, 0.5) is 0 Å². The normalized spacial score (nSPS) is 33.4. The minimum absolute atomic E-state index is 0.341. The van der Waals surface area contributed by atoms with E-state index in [0.29, 0.717) is 11.8 Å². The van der Waals surface area contributed by atoms with Crippen molar-refractivity contribution in [2.45, 2.75) is 19.3 Å². The number of nitrogens with two attached hydrogens (primary N) is 1. The molecule has 0 aromatic heterocycles. The summed E-state index contributed by atoms with van der Waals surface area (Å²) in [6, 6.07) is 0. The van der Waals surface area contributed by atoms with E-state index in [1.807, 2.05) is 0 Å². The number of rotatable bonds is 3. The summed E-state index contributed by atoms with van der Waals surface area (Å²) in [7, 11) is 0. The Hall–Kier alpha value is -0.370. The van der Waals surface area contributed by atoms with Crippen LogP contribution in [0.15, 0.2) is 0 Å². The van der Waals surface area contributed by atoms with Gasteiger partial charge < -0.3 is 10.5 Å². The van der Waals surface area contributed by atoms with E-state index in [-0.39, 0.29) is 0 Å². The second-order valence-corrected chi connectivity index (χ2v) is 2.71. The van der Waals surface area contributed by atoms with E-state index in [0.717, 1.165) is 25.7 Å². The van der Waals surface area contributed by atoms with Crippen molar-refractivity contribution in [3.63, 3.8) is 0 Å². The van der Waals surface area contributed by atoms with Gasteiger partial charge in [0.15, 0.2) is 0 Å². The maximum atomic E-state index is 10.2. The molecule has 1 rings (SSSR count). The molecule has 2 unspecified atom stereocenters. The van der Waals surface area contributed by atoms with Crippen LogP contribution in [0, 0.1) is 11.8 Å². The molecule has 0 spiro atoms. The van der Waals surface area contributed by atoms with Crippen molar-refractivity contribution >= 4 is 6.29 Å². The highest BCUT2D eigenvalue weighted by molar-refractivity contribution is 5.55. The quantitative estimate of drug-likeness (QED) is 0.563. The maximum absolute atomic E-state index is 10.2. The molecule has 0 aliphatic heterocycles. The van der Waals surface area contributed by atoms with Gasteiger partial charge in [0.1, 0.15) is 6.29 Å². The van der Waals surface area contributed by atoms with Gasteiger partial charge in [-0.2, -0.15) is 0 Å². The Morgan fingerprint density at radius 3 is 2.67 bits per heavy atom. The van der Waals surface area contributed by atoms with Crippen LogP contribution in [0.1, 0.15) is 19.3 Å². The molecule has 1 aliphatic rings. The fraction of sp³-hybridized carbons (Fsp3) is 0.857. The zero-order chi connectivity index (χ0) is 6.69. The topological polar surface area (TPSA) is 43.1 Å². The molecule has 0 bridgehead atoms. The van der Waals surface area contributed by atoms with Crippen molar-refractivity contribution in [3.8, 4) is 0 Å². The van der Waals surface area contributed by atoms with Crippen LogP contribution in [0.3, 0.4) is 0 Å². The van der Waals surface area contributed by atoms with Gasteiger partial charge in [0, 0.05) is 5.92 Å². The van der Waals surface area contributed by atoms with Gasteiger partial charge >= 0.3 is 0 Å². The molecule has 2 nitrogen and oxygen atoms in total. The molecule has 0 amide bonds. The van der Waals surface area contributed by atoms with Crippen LogP contribution >= 0.6 is 0 Å². The third-order valence-corrected chi connectivity index (χ3v) is 2.19. The number of aldehydes is 1. The van der Waals surface area contributed by atoms with Crippen molar-refractivity contribution < 1.29 is 4.79 Å². The highest BCUT2D eigenvalue weighted by Crippen LogP contribution is 2.34. The zero-order valence-electron chi connectivity index (χ0n) is 5.55. The van der Waals surface area contributed by atoms with E-state index in [1.54, 1.807) is 0 Å². The van der Waals surface area contributed by atoms with Gasteiger partial charge in [0.05, 0.1) is 0 Å². The molecule has 0 aromatic rings. The Kier molecular flexibility index (Phi) is 2.22. The number of carbonyl (C=O) groups excluding carboxylic acids is 1. The minimum atomic E-state index is 0.341. The first-order valence-electron chi connectivity index (χ1n) is 3.54. The van der Waals surface area contributed by atoms with Crippen LogP contribution in [-0.4, -0.2) is 12.8 Å². The predicted molar refractivity (Wildman–Crippen MR) is 35.9 cm³/mol. The molecule has 9 heavy (non-hydrogen) atoms. The zero-order valence-corrected chi connectivity index (χ0v) is 5.55. The third-order valence-electron chi connectivity index (χ3n) is 2.19. The molecule has 0 radical (unpaired) electrons. The Bertz CT molecular complexity index is 103. The molecular weight excluding hydrogens is 114 g/mol. The van der Waals surface area contributed by atoms with Gasteiger partial charge in [-0.3, -0.25) is 0 Å². The van der Waals surface area contributed by atoms with E-state index >= 15 is 0 Å². The molecule has 2 atom stereocenters. The maximum Gasteiger partial charge on any atom is 0.123 e. The third kappa shape index (κ3) is 1.30. The molecule has 1 aliphatic carbocycles. The van der Waals surface area contributed by atoms with Gasteiger partial charge in [-0.15, -0.1) is 0 Å². The molecule has 0 aromatic carbocycles. The molecule has 0 saturated heterocycles. The highest BCUT2D eigenvalue weighted by Gasteiger charge is 2.28. The lowest BCUT2D eigenvalue weighted by molar-refractivity contribution is -0.115. The summed E-state index contributed by atoms with van der Waals surface area (Å²) in [5.74, 6) is 0.959. The number of hydrogen-bond acceptors (Lipinski definition) is 2. The van der Waals surface area contributed by atoms with E-state index in [2.05, 4.69) is 0 Å². The van der Waals surface area contributed by atoms with Crippen molar-refractivity contribution in [3.05, 3.63) is 0 Å². The smallest absolute Gasteiger partial charge is 0.123 e. The summed E-state index contributed by atoms with van der Waals surface area (Å²) in [5, 5.41) is 0. The Labute approximate surface area is 55.4 Å². The largest absolute Gasteiger partial charge is 0.330 e. The van der Waals surface area contributed by atoms with Gasteiger partial charge in [-0.25, -0.2) is 0 Å². The first-order valence-corrected chi connectivity index (χ1v) is 3.54. The van der Waals surface area contributed by atoms with E-state index in [4.69, 9.17) is 5.73 Å². The first kappa shape index (κ1) is 6.75. The van der Waals surface area contributed by atoms with E-state index in [1.165, 1.54) is 6.42 Å². The van der Waals surface area contributed by atoms with Crippen LogP contribution in [0.2, 0.25) is 0 Å². The molecule has 1 saturated carbocycles. The van der Waals surface area contributed by atoms with Crippen LogP contribution in [-0.2, 0) is 4.79 Å². The molecule has 0 heterocycles.